The van der Waals surface area contributed by atoms with E-state index in [2.05, 4.69) is 22.3 Å². The van der Waals surface area contributed by atoms with Crippen LogP contribution in [0.4, 0.5) is 0 Å². The average molecular weight is 318 g/mol. The number of carbonyl (C=O) groups excluding carboxylic acids is 1. The first-order valence-electron chi connectivity index (χ1n) is 7.58. The Morgan fingerprint density at radius 1 is 1.36 bits per heavy atom. The summed E-state index contributed by atoms with van der Waals surface area (Å²) in [5, 5.41) is 7.85. The monoisotopic (exact) mass is 317 g/mol. The van der Waals surface area contributed by atoms with Gasteiger partial charge in [0.1, 0.15) is 0 Å². The molecule has 1 saturated heterocycles. The first kappa shape index (κ1) is 15.1. The number of benzene rings is 1. The van der Waals surface area contributed by atoms with Crippen molar-refractivity contribution in [3.63, 3.8) is 0 Å². The highest BCUT2D eigenvalue weighted by molar-refractivity contribution is 6.30. The Balaban J connectivity index is 1.65. The molecule has 1 aliphatic rings. The molecule has 2 heterocycles. The number of aromatic amines is 1. The van der Waals surface area contributed by atoms with E-state index in [0.29, 0.717) is 12.3 Å². The molecule has 1 N–H and O–H groups in total. The lowest BCUT2D eigenvalue weighted by Crippen LogP contribution is -2.30. The summed E-state index contributed by atoms with van der Waals surface area (Å²) in [7, 11) is 0. The minimum absolute atomic E-state index is 0.184. The normalized spacial score (nSPS) is 18.0. The summed E-state index contributed by atoms with van der Waals surface area (Å²) in [5.41, 5.74) is 4.19. The van der Waals surface area contributed by atoms with E-state index in [-0.39, 0.29) is 5.91 Å². The Morgan fingerprint density at radius 3 is 2.73 bits per heavy atom. The molecule has 1 amide bonds. The van der Waals surface area contributed by atoms with E-state index < -0.39 is 0 Å². The van der Waals surface area contributed by atoms with Gasteiger partial charge >= 0.3 is 0 Å². The van der Waals surface area contributed by atoms with Crippen molar-refractivity contribution in [2.75, 3.05) is 13.1 Å². The summed E-state index contributed by atoms with van der Waals surface area (Å²) in [6.07, 6.45) is 1.44. The molecule has 1 unspecified atom stereocenters. The van der Waals surface area contributed by atoms with E-state index in [1.165, 1.54) is 5.56 Å². The minimum atomic E-state index is 0.184. The van der Waals surface area contributed by atoms with Crippen molar-refractivity contribution in [3.05, 3.63) is 51.8 Å². The first-order valence-corrected chi connectivity index (χ1v) is 7.96. The Morgan fingerprint density at radius 2 is 2.09 bits per heavy atom. The highest BCUT2D eigenvalue weighted by atomic mass is 35.5. The SMILES string of the molecule is Cc1n[nH]c(C)c1CC(=O)N1CCC(c2ccc(Cl)cc2)C1. The maximum atomic E-state index is 12.5. The van der Waals surface area contributed by atoms with Gasteiger partial charge in [0.2, 0.25) is 5.91 Å². The van der Waals surface area contributed by atoms with Crippen LogP contribution < -0.4 is 0 Å². The lowest BCUT2D eigenvalue weighted by molar-refractivity contribution is -0.129. The maximum Gasteiger partial charge on any atom is 0.227 e. The van der Waals surface area contributed by atoms with Crippen molar-refractivity contribution in [2.45, 2.75) is 32.6 Å². The largest absolute Gasteiger partial charge is 0.342 e. The predicted molar refractivity (Wildman–Crippen MR) is 87.2 cm³/mol. The summed E-state index contributed by atoms with van der Waals surface area (Å²) in [6, 6.07) is 7.95. The van der Waals surface area contributed by atoms with E-state index in [0.717, 1.165) is 41.5 Å². The van der Waals surface area contributed by atoms with Crippen LogP contribution in [-0.4, -0.2) is 34.1 Å². The predicted octanol–water partition coefficient (Wildman–Crippen LogP) is 3.24. The molecule has 4 nitrogen and oxygen atoms in total. The van der Waals surface area contributed by atoms with Crippen LogP contribution >= 0.6 is 11.6 Å². The van der Waals surface area contributed by atoms with Gasteiger partial charge in [-0.3, -0.25) is 9.89 Å². The molecule has 0 spiro atoms. The number of rotatable bonds is 3. The number of halogens is 1. The number of hydrogen-bond acceptors (Lipinski definition) is 2. The van der Waals surface area contributed by atoms with E-state index in [4.69, 9.17) is 11.6 Å². The molecule has 22 heavy (non-hydrogen) atoms. The molecule has 1 aromatic carbocycles. The second-order valence-corrected chi connectivity index (χ2v) is 6.40. The summed E-state index contributed by atoms with van der Waals surface area (Å²) < 4.78 is 0. The van der Waals surface area contributed by atoms with Crippen LogP contribution in [0.15, 0.2) is 24.3 Å². The third kappa shape index (κ3) is 3.02. The third-order valence-electron chi connectivity index (χ3n) is 4.49. The number of H-pyrrole nitrogens is 1. The highest BCUT2D eigenvalue weighted by Gasteiger charge is 2.28. The molecule has 2 aromatic rings. The van der Waals surface area contributed by atoms with E-state index >= 15 is 0 Å². The second-order valence-electron chi connectivity index (χ2n) is 5.97. The molecule has 3 rings (SSSR count). The van der Waals surface area contributed by atoms with Gasteiger partial charge in [0, 0.05) is 35.3 Å². The van der Waals surface area contributed by atoms with Gasteiger partial charge in [-0.25, -0.2) is 0 Å². The molecule has 1 fully saturated rings. The molecular weight excluding hydrogens is 298 g/mol. The minimum Gasteiger partial charge on any atom is -0.342 e. The van der Waals surface area contributed by atoms with Crippen molar-refractivity contribution in [2.24, 2.45) is 0 Å². The number of likely N-dealkylation sites (tertiary alicyclic amines) is 1. The average Bonchev–Trinajstić information content (AvgIpc) is 3.10. The number of aromatic nitrogens is 2. The third-order valence-corrected chi connectivity index (χ3v) is 4.74. The number of aryl methyl sites for hydroxylation is 2. The zero-order chi connectivity index (χ0) is 15.7. The van der Waals surface area contributed by atoms with E-state index in [1.54, 1.807) is 0 Å². The van der Waals surface area contributed by atoms with Gasteiger partial charge in [0.15, 0.2) is 0 Å². The molecule has 116 valence electrons. The molecule has 5 heteroatoms. The summed E-state index contributed by atoms with van der Waals surface area (Å²) in [5.74, 6) is 0.594. The Labute approximate surface area is 135 Å². The summed E-state index contributed by atoms with van der Waals surface area (Å²) in [6.45, 7) is 5.51. The molecular formula is C17H20ClN3O. The standard InChI is InChI=1S/C17H20ClN3O/c1-11-16(12(2)20-19-11)9-17(22)21-8-7-14(10-21)13-3-5-15(18)6-4-13/h3-6,14H,7-10H2,1-2H3,(H,19,20). The van der Waals surface area contributed by atoms with Crippen molar-refractivity contribution in [1.82, 2.24) is 15.1 Å². The molecule has 0 aliphatic carbocycles. The number of amides is 1. The fourth-order valence-corrected chi connectivity index (χ4v) is 3.22. The molecule has 0 saturated carbocycles. The van der Waals surface area contributed by atoms with Gasteiger partial charge in [0.25, 0.3) is 0 Å². The van der Waals surface area contributed by atoms with Gasteiger partial charge in [-0.05, 0) is 38.0 Å². The van der Waals surface area contributed by atoms with Crippen LogP contribution in [0.5, 0.6) is 0 Å². The zero-order valence-corrected chi connectivity index (χ0v) is 13.7. The smallest absolute Gasteiger partial charge is 0.227 e. The molecule has 0 radical (unpaired) electrons. The van der Waals surface area contributed by atoms with Gasteiger partial charge in [0.05, 0.1) is 12.1 Å². The fraction of sp³-hybridized carbons (Fsp3) is 0.412. The summed E-state index contributed by atoms with van der Waals surface area (Å²) >= 11 is 5.93. The van der Waals surface area contributed by atoms with Crippen molar-refractivity contribution in [1.29, 1.82) is 0 Å². The maximum absolute atomic E-state index is 12.5. The Bertz CT molecular complexity index is 658. The molecule has 1 atom stereocenters. The topological polar surface area (TPSA) is 49.0 Å². The zero-order valence-electron chi connectivity index (χ0n) is 12.9. The van der Waals surface area contributed by atoms with Gasteiger partial charge in [-0.2, -0.15) is 5.10 Å². The van der Waals surface area contributed by atoms with Crippen LogP contribution in [0.2, 0.25) is 5.02 Å². The van der Waals surface area contributed by atoms with Gasteiger partial charge in [-0.1, -0.05) is 23.7 Å². The Hall–Kier alpha value is -1.81. The van der Waals surface area contributed by atoms with Crippen molar-refractivity contribution >= 4 is 17.5 Å². The van der Waals surface area contributed by atoms with Crippen molar-refractivity contribution in [3.8, 4) is 0 Å². The van der Waals surface area contributed by atoms with Crippen LogP contribution in [0.1, 0.15) is 34.9 Å². The van der Waals surface area contributed by atoms with Gasteiger partial charge in [-0.15, -0.1) is 0 Å². The quantitative estimate of drug-likeness (QED) is 0.944. The number of nitrogens with zero attached hydrogens (tertiary/aromatic N) is 2. The molecule has 1 aromatic heterocycles. The number of nitrogens with one attached hydrogen (secondary N) is 1. The van der Waals surface area contributed by atoms with Crippen LogP contribution in [0.3, 0.4) is 0 Å². The molecule has 1 aliphatic heterocycles. The van der Waals surface area contributed by atoms with Gasteiger partial charge < -0.3 is 4.90 Å². The summed E-state index contributed by atoms with van der Waals surface area (Å²) in [4.78, 5) is 14.5. The highest BCUT2D eigenvalue weighted by Crippen LogP contribution is 2.28. The van der Waals surface area contributed by atoms with E-state index in [1.807, 2.05) is 30.9 Å². The fourth-order valence-electron chi connectivity index (χ4n) is 3.09. The molecule has 0 bridgehead atoms. The Kier molecular flexibility index (Phi) is 4.21. The second kappa shape index (κ2) is 6.13. The number of hydrogen-bond donors (Lipinski definition) is 1. The lowest BCUT2D eigenvalue weighted by Gasteiger charge is -2.17. The van der Waals surface area contributed by atoms with Crippen molar-refractivity contribution < 1.29 is 4.79 Å². The van der Waals surface area contributed by atoms with Crippen LogP contribution in [-0.2, 0) is 11.2 Å². The van der Waals surface area contributed by atoms with Crippen LogP contribution in [0.25, 0.3) is 0 Å². The van der Waals surface area contributed by atoms with Crippen LogP contribution in [0, 0.1) is 13.8 Å². The first-order chi connectivity index (χ1) is 10.5. The lowest BCUT2D eigenvalue weighted by atomic mass is 9.99. The number of carbonyl (C=O) groups is 1. The van der Waals surface area contributed by atoms with E-state index in [9.17, 15) is 4.79 Å².